The van der Waals surface area contributed by atoms with Gasteiger partial charge in [-0.3, -0.25) is 24.8 Å². The molecule has 1 aliphatic heterocycles. The van der Waals surface area contributed by atoms with Gasteiger partial charge in [-0.15, -0.1) is 0 Å². The lowest BCUT2D eigenvalue weighted by Gasteiger charge is -2.26. The van der Waals surface area contributed by atoms with Crippen molar-refractivity contribution in [1.82, 2.24) is 10.3 Å². The first kappa shape index (κ1) is 22.8. The Balaban J connectivity index is 2.31. The number of unbranched alkanes of at least 4 members (excludes halogenated alkanes) is 2. The number of likely N-dealkylation sites (tertiary alicyclic amines) is 1. The third-order valence-corrected chi connectivity index (χ3v) is 5.08. The number of rotatable bonds is 11. The van der Waals surface area contributed by atoms with Crippen molar-refractivity contribution in [2.24, 2.45) is 5.92 Å². The molecule has 1 heterocycles. The van der Waals surface area contributed by atoms with Gasteiger partial charge in [-0.1, -0.05) is 18.7 Å². The Kier molecular flexibility index (Phi) is 10.7. The Morgan fingerprint density at radius 3 is 2.58 bits per heavy atom. The Morgan fingerprint density at radius 1 is 1.23 bits per heavy atom. The first-order chi connectivity index (χ1) is 12.3. The van der Waals surface area contributed by atoms with Crippen molar-refractivity contribution in [3.05, 3.63) is 0 Å². The third kappa shape index (κ3) is 8.45. The molecular formula is C16H28N2O7S. The number of carbonyl (C=O) groups excluding carboxylic acids is 3. The van der Waals surface area contributed by atoms with Gasteiger partial charge in [0.1, 0.15) is 6.04 Å². The lowest BCUT2D eigenvalue weighted by atomic mass is 10.1. The number of hydrogen-bond acceptors (Lipinski definition) is 9. The summed E-state index contributed by atoms with van der Waals surface area (Å²) in [5.41, 5.74) is 0. The molecule has 26 heavy (non-hydrogen) atoms. The van der Waals surface area contributed by atoms with Crippen LogP contribution in [0.15, 0.2) is 0 Å². The largest absolute Gasteiger partial charge is 0.464 e. The van der Waals surface area contributed by atoms with E-state index in [0.29, 0.717) is 38.0 Å². The second-order valence-corrected chi connectivity index (χ2v) is 7.40. The van der Waals surface area contributed by atoms with Gasteiger partial charge in [-0.2, -0.15) is 0 Å². The van der Waals surface area contributed by atoms with Crippen LogP contribution in [0.1, 0.15) is 46.0 Å². The average molecular weight is 392 g/mol. The number of esters is 1. The monoisotopic (exact) mass is 392 g/mol. The van der Waals surface area contributed by atoms with Crippen molar-refractivity contribution in [2.75, 3.05) is 25.5 Å². The summed E-state index contributed by atoms with van der Waals surface area (Å²) in [4.78, 5) is 41.8. The molecule has 0 radical (unpaired) electrons. The first-order valence-corrected chi connectivity index (χ1v) is 9.72. The topological polar surface area (TPSA) is 117 Å². The summed E-state index contributed by atoms with van der Waals surface area (Å²) in [7, 11) is 0. The SMILES string of the molecule is CC(=O)SCC(C)C(=O)N1CCCC1C(=O)OCCCCCON(O)O. The molecule has 9 nitrogen and oxygen atoms in total. The summed E-state index contributed by atoms with van der Waals surface area (Å²) in [6.07, 6.45) is 3.27. The summed E-state index contributed by atoms with van der Waals surface area (Å²) in [6, 6.07) is -0.548. The van der Waals surface area contributed by atoms with Crippen LogP contribution in [0, 0.1) is 5.92 Å². The minimum Gasteiger partial charge on any atom is -0.464 e. The minimum absolute atomic E-state index is 0.0295. The molecule has 0 aromatic carbocycles. The predicted molar refractivity (Wildman–Crippen MR) is 93.2 cm³/mol. The molecule has 0 saturated carbocycles. The summed E-state index contributed by atoms with van der Waals surface area (Å²) < 4.78 is 5.27. The van der Waals surface area contributed by atoms with Gasteiger partial charge in [0.2, 0.25) is 5.91 Å². The molecule has 1 rings (SSSR count). The van der Waals surface area contributed by atoms with E-state index in [0.717, 1.165) is 18.2 Å². The zero-order valence-electron chi connectivity index (χ0n) is 15.3. The van der Waals surface area contributed by atoms with E-state index in [-0.39, 0.29) is 35.5 Å². The number of thioether (sulfide) groups is 1. The van der Waals surface area contributed by atoms with Crippen LogP contribution >= 0.6 is 11.8 Å². The number of hydrogen-bond donors (Lipinski definition) is 2. The van der Waals surface area contributed by atoms with Crippen molar-refractivity contribution in [2.45, 2.75) is 52.0 Å². The van der Waals surface area contributed by atoms with Crippen LogP contribution < -0.4 is 0 Å². The summed E-state index contributed by atoms with van der Waals surface area (Å²) in [5, 5.41) is 16.4. The third-order valence-electron chi connectivity index (χ3n) is 4.01. The normalized spacial score (nSPS) is 18.2. The second-order valence-electron chi connectivity index (χ2n) is 6.21. The number of nitrogens with zero attached hydrogens (tertiary/aromatic N) is 2. The van der Waals surface area contributed by atoms with E-state index in [4.69, 9.17) is 15.2 Å². The Hall–Kier alpha value is -1.20. The van der Waals surface area contributed by atoms with Gasteiger partial charge in [0.15, 0.2) is 5.12 Å². The average Bonchev–Trinajstić information content (AvgIpc) is 3.07. The molecule has 1 saturated heterocycles. The first-order valence-electron chi connectivity index (χ1n) is 8.74. The lowest BCUT2D eigenvalue weighted by Crippen LogP contribution is -2.44. The van der Waals surface area contributed by atoms with Crippen LogP contribution in [-0.4, -0.2) is 69.2 Å². The Labute approximate surface area is 157 Å². The second kappa shape index (κ2) is 12.2. The molecule has 2 N–H and O–H groups in total. The van der Waals surface area contributed by atoms with Crippen molar-refractivity contribution in [3.63, 3.8) is 0 Å². The van der Waals surface area contributed by atoms with Gasteiger partial charge in [-0.25, -0.2) is 4.79 Å². The van der Waals surface area contributed by atoms with Crippen LogP contribution in [0.25, 0.3) is 0 Å². The van der Waals surface area contributed by atoms with E-state index in [1.807, 2.05) is 0 Å². The minimum atomic E-state index is -0.548. The van der Waals surface area contributed by atoms with Crippen molar-refractivity contribution in [3.8, 4) is 0 Å². The van der Waals surface area contributed by atoms with Crippen LogP contribution in [0.3, 0.4) is 0 Å². The lowest BCUT2D eigenvalue weighted by molar-refractivity contribution is -0.492. The van der Waals surface area contributed by atoms with Crippen LogP contribution in [0.2, 0.25) is 0 Å². The van der Waals surface area contributed by atoms with Crippen molar-refractivity contribution >= 4 is 28.8 Å². The highest BCUT2D eigenvalue weighted by Gasteiger charge is 2.36. The van der Waals surface area contributed by atoms with Gasteiger partial charge in [0.05, 0.1) is 18.6 Å². The van der Waals surface area contributed by atoms with Crippen LogP contribution in [0.4, 0.5) is 0 Å². The molecule has 1 aliphatic rings. The molecule has 0 bridgehead atoms. The quantitative estimate of drug-likeness (QED) is 0.307. The molecular weight excluding hydrogens is 364 g/mol. The maximum Gasteiger partial charge on any atom is 0.328 e. The highest BCUT2D eigenvalue weighted by molar-refractivity contribution is 8.13. The van der Waals surface area contributed by atoms with Gasteiger partial charge in [0.25, 0.3) is 0 Å². The fraction of sp³-hybridized carbons (Fsp3) is 0.812. The molecule has 2 atom stereocenters. The molecule has 2 unspecified atom stereocenters. The fourth-order valence-corrected chi connectivity index (χ4v) is 3.30. The van der Waals surface area contributed by atoms with Crippen molar-refractivity contribution in [1.29, 1.82) is 0 Å². The van der Waals surface area contributed by atoms with E-state index in [2.05, 4.69) is 4.84 Å². The predicted octanol–water partition coefficient (Wildman–Crippen LogP) is 1.62. The summed E-state index contributed by atoms with van der Waals surface area (Å²) in [6.45, 7) is 4.16. The number of amides is 1. The zero-order chi connectivity index (χ0) is 19.5. The molecule has 0 aromatic rings. The maximum absolute atomic E-state index is 12.5. The van der Waals surface area contributed by atoms with Crippen LogP contribution in [0.5, 0.6) is 0 Å². The fourth-order valence-electron chi connectivity index (χ4n) is 2.67. The van der Waals surface area contributed by atoms with Gasteiger partial charge in [-0.05, 0) is 32.1 Å². The zero-order valence-corrected chi connectivity index (χ0v) is 16.1. The highest BCUT2D eigenvalue weighted by atomic mass is 32.2. The van der Waals surface area contributed by atoms with E-state index < -0.39 is 12.0 Å². The van der Waals surface area contributed by atoms with E-state index >= 15 is 0 Å². The van der Waals surface area contributed by atoms with Gasteiger partial charge < -0.3 is 9.64 Å². The molecule has 0 spiro atoms. The van der Waals surface area contributed by atoms with Crippen molar-refractivity contribution < 1.29 is 34.4 Å². The summed E-state index contributed by atoms with van der Waals surface area (Å²) >= 11 is 1.11. The smallest absolute Gasteiger partial charge is 0.328 e. The molecule has 1 amide bonds. The highest BCUT2D eigenvalue weighted by Crippen LogP contribution is 2.22. The van der Waals surface area contributed by atoms with Gasteiger partial charge in [0, 0.05) is 25.1 Å². The standard InChI is InChI=1S/C16H28N2O7S/c1-12(11-26-13(2)19)15(20)17-8-6-7-14(17)16(21)24-9-4-3-5-10-25-18(22)23/h12,14,22-23H,3-11H2,1-2H3. The maximum atomic E-state index is 12.5. The van der Waals surface area contributed by atoms with E-state index in [1.54, 1.807) is 11.8 Å². The Bertz CT molecular complexity index is 476. The molecule has 0 aromatic heterocycles. The van der Waals surface area contributed by atoms with Crippen LogP contribution in [-0.2, 0) is 24.0 Å². The number of carbonyl (C=O) groups is 3. The van der Waals surface area contributed by atoms with E-state index in [1.165, 1.54) is 6.92 Å². The Morgan fingerprint density at radius 2 is 1.92 bits per heavy atom. The van der Waals surface area contributed by atoms with E-state index in [9.17, 15) is 14.4 Å². The molecule has 150 valence electrons. The number of ether oxygens (including phenoxy) is 1. The van der Waals surface area contributed by atoms with Gasteiger partial charge >= 0.3 is 5.97 Å². The summed E-state index contributed by atoms with van der Waals surface area (Å²) in [5.74, 6) is -0.425. The molecule has 1 fully saturated rings. The molecule has 0 aliphatic carbocycles. The molecule has 10 heteroatoms.